The topological polar surface area (TPSA) is 48.3 Å². The normalized spacial score (nSPS) is 14.8. The minimum atomic E-state index is -0.461. The molecule has 0 aromatic rings. The number of likely N-dealkylation sites (N-methyl/N-ethyl adjacent to an activating group) is 1. The van der Waals surface area contributed by atoms with Crippen molar-refractivity contribution in [3.05, 3.63) is 0 Å². The smallest absolute Gasteiger partial charge is 0.116 e. The molecule has 0 aliphatic heterocycles. The van der Waals surface area contributed by atoms with Gasteiger partial charge in [-0.3, -0.25) is 5.32 Å². The van der Waals surface area contributed by atoms with E-state index in [4.69, 9.17) is 10.00 Å². The first-order valence-electron chi connectivity index (χ1n) is 6.00. The molecule has 0 saturated carbocycles. The zero-order valence-corrected chi connectivity index (χ0v) is 11.0. The summed E-state index contributed by atoms with van der Waals surface area (Å²) < 4.78 is 5.29. The number of nitriles is 1. The fourth-order valence-corrected chi connectivity index (χ4v) is 1.52. The molecule has 0 heterocycles. The Kier molecular flexibility index (Phi) is 8.18. The number of hydrogen-bond acceptors (Lipinski definition) is 4. The Labute approximate surface area is 99.6 Å². The molecule has 0 rings (SSSR count). The van der Waals surface area contributed by atoms with Crippen LogP contribution in [0.15, 0.2) is 0 Å². The fourth-order valence-electron chi connectivity index (χ4n) is 1.52. The van der Waals surface area contributed by atoms with Gasteiger partial charge >= 0.3 is 0 Å². The predicted octanol–water partition coefficient (Wildman–Crippen LogP) is 1.24. The van der Waals surface area contributed by atoms with Crippen LogP contribution in [-0.4, -0.2) is 50.3 Å². The quantitative estimate of drug-likeness (QED) is 0.602. The van der Waals surface area contributed by atoms with Gasteiger partial charge in [-0.1, -0.05) is 6.92 Å². The molecule has 1 unspecified atom stereocenters. The van der Waals surface area contributed by atoms with Gasteiger partial charge in [0.05, 0.1) is 12.7 Å². The molecular formula is C12H25N3O. The summed E-state index contributed by atoms with van der Waals surface area (Å²) in [5.74, 6) is 0. The van der Waals surface area contributed by atoms with Crippen LogP contribution in [0.3, 0.4) is 0 Å². The first-order chi connectivity index (χ1) is 7.58. The molecule has 1 N–H and O–H groups in total. The molecule has 4 heteroatoms. The summed E-state index contributed by atoms with van der Waals surface area (Å²) in [6, 6.07) is 2.34. The van der Waals surface area contributed by atoms with Crippen molar-refractivity contribution in [2.75, 3.05) is 39.9 Å². The highest BCUT2D eigenvalue weighted by Crippen LogP contribution is 2.04. The molecule has 0 fully saturated rings. The molecular weight excluding hydrogens is 202 g/mol. The van der Waals surface area contributed by atoms with Crippen LogP contribution in [0.2, 0.25) is 0 Å². The van der Waals surface area contributed by atoms with Crippen molar-refractivity contribution < 1.29 is 4.74 Å². The van der Waals surface area contributed by atoms with Gasteiger partial charge in [0.1, 0.15) is 5.54 Å². The minimum Gasteiger partial charge on any atom is -0.380 e. The van der Waals surface area contributed by atoms with E-state index in [9.17, 15) is 0 Å². The summed E-state index contributed by atoms with van der Waals surface area (Å²) in [6.07, 6.45) is 1.04. The molecule has 16 heavy (non-hydrogen) atoms. The molecule has 4 nitrogen and oxygen atoms in total. The molecule has 0 radical (unpaired) electrons. The van der Waals surface area contributed by atoms with E-state index < -0.39 is 5.54 Å². The Morgan fingerprint density at radius 3 is 2.62 bits per heavy atom. The summed E-state index contributed by atoms with van der Waals surface area (Å²) in [6.45, 7) is 9.96. The zero-order chi connectivity index (χ0) is 12.4. The van der Waals surface area contributed by atoms with E-state index in [0.717, 1.165) is 39.3 Å². The average molecular weight is 227 g/mol. The van der Waals surface area contributed by atoms with E-state index in [0.29, 0.717) is 0 Å². The van der Waals surface area contributed by atoms with E-state index in [-0.39, 0.29) is 0 Å². The second kappa shape index (κ2) is 8.51. The average Bonchev–Trinajstić information content (AvgIpc) is 2.27. The van der Waals surface area contributed by atoms with Gasteiger partial charge in [-0.05, 0) is 33.9 Å². The molecule has 0 amide bonds. The number of hydrogen-bond donors (Lipinski definition) is 1. The van der Waals surface area contributed by atoms with Crippen molar-refractivity contribution in [1.29, 1.82) is 5.26 Å². The highest BCUT2D eigenvalue weighted by atomic mass is 16.5. The molecule has 0 aromatic heterocycles. The lowest BCUT2D eigenvalue weighted by Gasteiger charge is -2.28. The maximum Gasteiger partial charge on any atom is 0.116 e. The van der Waals surface area contributed by atoms with Crippen molar-refractivity contribution in [3.8, 4) is 6.07 Å². The second-order valence-electron chi connectivity index (χ2n) is 4.31. The molecule has 0 spiro atoms. The monoisotopic (exact) mass is 227 g/mol. The summed E-state index contributed by atoms with van der Waals surface area (Å²) in [7, 11) is 2.02. The minimum absolute atomic E-state index is 0.461. The lowest BCUT2D eigenvalue weighted by atomic mass is 10.0. The highest BCUT2D eigenvalue weighted by Gasteiger charge is 2.24. The SMILES string of the molecule is CCCNC(C)(C#N)CN(C)CCOCC. The van der Waals surface area contributed by atoms with Crippen molar-refractivity contribution >= 4 is 0 Å². The van der Waals surface area contributed by atoms with E-state index in [1.807, 2.05) is 20.9 Å². The Hall–Kier alpha value is -0.630. The Morgan fingerprint density at radius 2 is 2.12 bits per heavy atom. The first-order valence-corrected chi connectivity index (χ1v) is 6.00. The van der Waals surface area contributed by atoms with E-state index in [2.05, 4.69) is 23.2 Å². The predicted molar refractivity (Wildman–Crippen MR) is 66.3 cm³/mol. The maximum atomic E-state index is 9.16. The lowest BCUT2D eigenvalue weighted by molar-refractivity contribution is 0.116. The van der Waals surface area contributed by atoms with Gasteiger partial charge in [0, 0.05) is 19.7 Å². The number of ether oxygens (including phenoxy) is 1. The van der Waals surface area contributed by atoms with Crippen LogP contribution in [0.1, 0.15) is 27.2 Å². The van der Waals surface area contributed by atoms with Gasteiger partial charge in [-0.2, -0.15) is 5.26 Å². The van der Waals surface area contributed by atoms with E-state index in [1.165, 1.54) is 0 Å². The summed E-state index contributed by atoms with van der Waals surface area (Å²) in [4.78, 5) is 2.13. The van der Waals surface area contributed by atoms with Gasteiger partial charge in [-0.25, -0.2) is 0 Å². The number of nitrogens with zero attached hydrogens (tertiary/aromatic N) is 2. The van der Waals surface area contributed by atoms with Crippen LogP contribution in [0.25, 0.3) is 0 Å². The molecule has 0 aromatic carbocycles. The Morgan fingerprint density at radius 1 is 1.44 bits per heavy atom. The largest absolute Gasteiger partial charge is 0.380 e. The van der Waals surface area contributed by atoms with Gasteiger partial charge in [0.15, 0.2) is 0 Å². The summed E-state index contributed by atoms with van der Waals surface area (Å²) in [5.41, 5.74) is -0.461. The van der Waals surface area contributed by atoms with Crippen LogP contribution >= 0.6 is 0 Å². The van der Waals surface area contributed by atoms with Crippen molar-refractivity contribution in [2.45, 2.75) is 32.7 Å². The van der Waals surface area contributed by atoms with Crippen LogP contribution in [0, 0.1) is 11.3 Å². The van der Waals surface area contributed by atoms with Crippen molar-refractivity contribution in [1.82, 2.24) is 10.2 Å². The number of rotatable bonds is 9. The molecule has 94 valence electrons. The lowest BCUT2D eigenvalue weighted by Crippen LogP contribution is -2.50. The third-order valence-corrected chi connectivity index (χ3v) is 2.42. The molecule has 0 aliphatic rings. The Bertz CT molecular complexity index is 215. The fraction of sp³-hybridized carbons (Fsp3) is 0.917. The second-order valence-corrected chi connectivity index (χ2v) is 4.31. The highest BCUT2D eigenvalue weighted by molar-refractivity contribution is 5.05. The molecule has 0 aliphatic carbocycles. The van der Waals surface area contributed by atoms with Gasteiger partial charge < -0.3 is 9.64 Å². The van der Waals surface area contributed by atoms with Crippen molar-refractivity contribution in [2.24, 2.45) is 0 Å². The zero-order valence-electron chi connectivity index (χ0n) is 11.0. The van der Waals surface area contributed by atoms with Crippen LogP contribution in [-0.2, 0) is 4.74 Å². The summed E-state index contributed by atoms with van der Waals surface area (Å²) in [5, 5.41) is 12.4. The van der Waals surface area contributed by atoms with Gasteiger partial charge in [0.2, 0.25) is 0 Å². The van der Waals surface area contributed by atoms with Gasteiger partial charge in [0.25, 0.3) is 0 Å². The molecule has 0 bridgehead atoms. The maximum absolute atomic E-state index is 9.16. The molecule has 1 atom stereocenters. The van der Waals surface area contributed by atoms with Gasteiger partial charge in [-0.15, -0.1) is 0 Å². The van der Waals surface area contributed by atoms with E-state index >= 15 is 0 Å². The first kappa shape index (κ1) is 15.4. The van der Waals surface area contributed by atoms with Crippen LogP contribution in [0.5, 0.6) is 0 Å². The standard InChI is InChI=1S/C12H25N3O/c1-5-7-14-12(3,10-13)11-15(4)8-9-16-6-2/h14H,5-9,11H2,1-4H3. The van der Waals surface area contributed by atoms with Crippen LogP contribution < -0.4 is 5.32 Å². The number of nitrogens with one attached hydrogen (secondary N) is 1. The molecule has 0 saturated heterocycles. The third kappa shape index (κ3) is 6.78. The van der Waals surface area contributed by atoms with E-state index in [1.54, 1.807) is 0 Å². The third-order valence-electron chi connectivity index (χ3n) is 2.42. The Balaban J connectivity index is 3.95. The van der Waals surface area contributed by atoms with Crippen molar-refractivity contribution in [3.63, 3.8) is 0 Å². The summed E-state index contributed by atoms with van der Waals surface area (Å²) >= 11 is 0. The van der Waals surface area contributed by atoms with Crippen LogP contribution in [0.4, 0.5) is 0 Å².